The lowest BCUT2D eigenvalue weighted by Crippen LogP contribution is -1.67. The first kappa shape index (κ1) is 8.87. The van der Waals surface area contributed by atoms with Crippen molar-refractivity contribution in [3.05, 3.63) is 27.1 Å². The van der Waals surface area contributed by atoms with Crippen LogP contribution in [0, 0.1) is 0 Å². The van der Waals surface area contributed by atoms with E-state index in [4.69, 9.17) is 0 Å². The van der Waals surface area contributed by atoms with Gasteiger partial charge in [0, 0.05) is 16.0 Å². The number of azo groups is 1. The largest absolute Gasteiger partial charge is 0.192 e. The van der Waals surface area contributed by atoms with Gasteiger partial charge in [-0.25, -0.2) is 0 Å². The van der Waals surface area contributed by atoms with Crippen LogP contribution in [0.2, 0.25) is 0 Å². The van der Waals surface area contributed by atoms with Crippen LogP contribution in [0.25, 0.3) is 0 Å². The van der Waals surface area contributed by atoms with Crippen molar-refractivity contribution in [2.45, 2.75) is 0 Å². The van der Waals surface area contributed by atoms with Crippen LogP contribution in [-0.2, 0) is 0 Å². The molecule has 58 valence electrons. The summed E-state index contributed by atoms with van der Waals surface area (Å²) in [5.74, 6) is 0. The topological polar surface area (TPSA) is 24.7 Å². The van der Waals surface area contributed by atoms with Gasteiger partial charge in [-0.1, -0.05) is 31.9 Å². The Morgan fingerprint density at radius 1 is 1.09 bits per heavy atom. The van der Waals surface area contributed by atoms with Crippen molar-refractivity contribution in [3.8, 4) is 0 Å². The van der Waals surface area contributed by atoms with Crippen molar-refractivity contribution in [2.75, 3.05) is 7.05 Å². The minimum Gasteiger partial charge on any atom is -0.192 e. The van der Waals surface area contributed by atoms with Crippen LogP contribution >= 0.6 is 31.9 Å². The SMILES string of the molecule is CN=Nc1cc(Br)cc(Br)c1. The Morgan fingerprint density at radius 3 is 2.09 bits per heavy atom. The zero-order chi connectivity index (χ0) is 8.27. The third-order valence-corrected chi connectivity index (χ3v) is 1.98. The molecule has 0 fully saturated rings. The van der Waals surface area contributed by atoms with Crippen molar-refractivity contribution in [3.63, 3.8) is 0 Å². The minimum atomic E-state index is 0.841. The predicted octanol–water partition coefficient (Wildman–Crippen LogP) is 3.93. The molecule has 0 saturated carbocycles. The number of halogens is 2. The Labute approximate surface area is 82.0 Å². The van der Waals surface area contributed by atoms with Gasteiger partial charge in [0.05, 0.1) is 5.69 Å². The Morgan fingerprint density at radius 2 is 1.64 bits per heavy atom. The van der Waals surface area contributed by atoms with Crippen molar-refractivity contribution >= 4 is 37.5 Å². The maximum Gasteiger partial charge on any atom is 0.0874 e. The number of hydrogen-bond donors (Lipinski definition) is 0. The minimum absolute atomic E-state index is 0.841. The summed E-state index contributed by atoms with van der Waals surface area (Å²) >= 11 is 6.70. The molecule has 0 heterocycles. The maximum absolute atomic E-state index is 3.89. The molecule has 0 aliphatic carbocycles. The smallest absolute Gasteiger partial charge is 0.0874 e. The van der Waals surface area contributed by atoms with Gasteiger partial charge in [-0.15, -0.1) is 0 Å². The molecule has 0 saturated heterocycles. The molecule has 0 unspecified atom stereocenters. The normalized spacial score (nSPS) is 10.8. The van der Waals surface area contributed by atoms with Crippen LogP contribution < -0.4 is 0 Å². The van der Waals surface area contributed by atoms with Gasteiger partial charge in [0.1, 0.15) is 0 Å². The summed E-state index contributed by atoms with van der Waals surface area (Å²) in [5, 5.41) is 7.56. The van der Waals surface area contributed by atoms with E-state index in [0.29, 0.717) is 0 Å². The molecule has 0 amide bonds. The summed E-state index contributed by atoms with van der Waals surface area (Å²) in [4.78, 5) is 0. The van der Waals surface area contributed by atoms with Crippen LogP contribution in [0.15, 0.2) is 37.4 Å². The molecule has 0 radical (unpaired) electrons. The first-order chi connectivity index (χ1) is 5.22. The van der Waals surface area contributed by atoms with E-state index in [0.717, 1.165) is 14.6 Å². The summed E-state index contributed by atoms with van der Waals surface area (Å²) in [7, 11) is 1.65. The highest BCUT2D eigenvalue weighted by Gasteiger charge is 1.94. The monoisotopic (exact) mass is 276 g/mol. The lowest BCUT2D eigenvalue weighted by molar-refractivity contribution is 1.16. The van der Waals surface area contributed by atoms with E-state index in [2.05, 4.69) is 42.1 Å². The van der Waals surface area contributed by atoms with Gasteiger partial charge in [-0.2, -0.15) is 10.2 Å². The zero-order valence-electron chi connectivity index (χ0n) is 5.88. The van der Waals surface area contributed by atoms with E-state index in [9.17, 15) is 0 Å². The molecule has 2 nitrogen and oxygen atoms in total. The van der Waals surface area contributed by atoms with Crippen LogP contribution in [-0.4, -0.2) is 7.05 Å². The average molecular weight is 278 g/mol. The molecule has 1 aromatic rings. The molecule has 0 spiro atoms. The summed E-state index contributed by atoms with van der Waals surface area (Å²) in [6.07, 6.45) is 0. The van der Waals surface area contributed by atoms with E-state index in [1.54, 1.807) is 7.05 Å². The summed E-state index contributed by atoms with van der Waals surface area (Å²) in [6, 6.07) is 5.75. The van der Waals surface area contributed by atoms with Crippen molar-refractivity contribution < 1.29 is 0 Å². The summed E-state index contributed by atoms with van der Waals surface area (Å²) < 4.78 is 1.99. The molecular formula is C7H6Br2N2. The molecule has 0 aliphatic heterocycles. The van der Waals surface area contributed by atoms with Crippen molar-refractivity contribution in [2.24, 2.45) is 10.2 Å². The van der Waals surface area contributed by atoms with Crippen LogP contribution in [0.4, 0.5) is 5.69 Å². The fourth-order valence-corrected chi connectivity index (χ4v) is 1.98. The van der Waals surface area contributed by atoms with Gasteiger partial charge in [0.2, 0.25) is 0 Å². The maximum atomic E-state index is 3.89. The Kier molecular flexibility index (Phi) is 3.20. The van der Waals surface area contributed by atoms with Gasteiger partial charge < -0.3 is 0 Å². The fraction of sp³-hybridized carbons (Fsp3) is 0.143. The number of benzene rings is 1. The predicted molar refractivity (Wildman–Crippen MR) is 52.3 cm³/mol. The second kappa shape index (κ2) is 3.97. The molecule has 0 bridgehead atoms. The third-order valence-electron chi connectivity index (χ3n) is 1.06. The van der Waals surface area contributed by atoms with E-state index in [1.165, 1.54) is 0 Å². The molecule has 0 aromatic heterocycles. The molecule has 4 heteroatoms. The van der Waals surface area contributed by atoms with Gasteiger partial charge in [-0.3, -0.25) is 0 Å². The average Bonchev–Trinajstić information content (AvgIpc) is 1.85. The Hall–Kier alpha value is -0.220. The zero-order valence-corrected chi connectivity index (χ0v) is 9.05. The number of nitrogens with zero attached hydrogens (tertiary/aromatic N) is 2. The standard InChI is InChI=1S/C7H6Br2N2/c1-10-11-7-3-5(8)2-6(9)4-7/h2-4H,1H3. The number of hydrogen-bond acceptors (Lipinski definition) is 2. The lowest BCUT2D eigenvalue weighted by Gasteiger charge is -1.94. The molecule has 0 N–H and O–H groups in total. The summed E-state index contributed by atoms with van der Waals surface area (Å²) in [6.45, 7) is 0. The van der Waals surface area contributed by atoms with Crippen LogP contribution in [0.5, 0.6) is 0 Å². The lowest BCUT2D eigenvalue weighted by atomic mass is 10.3. The fourth-order valence-electron chi connectivity index (χ4n) is 0.712. The molecule has 0 atom stereocenters. The van der Waals surface area contributed by atoms with Crippen LogP contribution in [0.3, 0.4) is 0 Å². The highest BCUT2D eigenvalue weighted by molar-refractivity contribution is 9.11. The first-order valence-corrected chi connectivity index (χ1v) is 4.57. The van der Waals surface area contributed by atoms with Gasteiger partial charge in [0.25, 0.3) is 0 Å². The van der Waals surface area contributed by atoms with E-state index in [1.807, 2.05) is 18.2 Å². The summed E-state index contributed by atoms with van der Waals surface area (Å²) in [5.41, 5.74) is 0.841. The highest BCUT2D eigenvalue weighted by atomic mass is 79.9. The third kappa shape index (κ3) is 2.71. The second-order valence-corrected chi connectivity index (χ2v) is 3.76. The second-order valence-electron chi connectivity index (χ2n) is 1.93. The van der Waals surface area contributed by atoms with Gasteiger partial charge in [-0.05, 0) is 18.2 Å². The molecule has 0 aliphatic rings. The Balaban J connectivity index is 3.08. The van der Waals surface area contributed by atoms with Crippen molar-refractivity contribution in [1.82, 2.24) is 0 Å². The quantitative estimate of drug-likeness (QED) is 0.695. The van der Waals surface area contributed by atoms with Crippen LogP contribution in [0.1, 0.15) is 0 Å². The first-order valence-electron chi connectivity index (χ1n) is 2.98. The van der Waals surface area contributed by atoms with Gasteiger partial charge in [0.15, 0.2) is 0 Å². The number of rotatable bonds is 1. The van der Waals surface area contributed by atoms with E-state index in [-0.39, 0.29) is 0 Å². The highest BCUT2D eigenvalue weighted by Crippen LogP contribution is 2.25. The molecule has 11 heavy (non-hydrogen) atoms. The van der Waals surface area contributed by atoms with E-state index < -0.39 is 0 Å². The van der Waals surface area contributed by atoms with Crippen molar-refractivity contribution in [1.29, 1.82) is 0 Å². The molecular weight excluding hydrogens is 272 g/mol. The van der Waals surface area contributed by atoms with Gasteiger partial charge >= 0.3 is 0 Å². The van der Waals surface area contributed by atoms with E-state index >= 15 is 0 Å². The Bertz CT molecular complexity index is 264. The molecule has 1 rings (SSSR count). The molecule has 1 aromatic carbocycles.